The lowest BCUT2D eigenvalue weighted by Crippen LogP contribution is -2.28. The number of aryl methyl sites for hydroxylation is 1. The van der Waals surface area contributed by atoms with Gasteiger partial charge in [0.15, 0.2) is 0 Å². The summed E-state index contributed by atoms with van der Waals surface area (Å²) in [7, 11) is 0. The second kappa shape index (κ2) is 5.74. The fraction of sp³-hybridized carbons (Fsp3) is 0.571. The summed E-state index contributed by atoms with van der Waals surface area (Å²) in [4.78, 5) is 0. The van der Waals surface area contributed by atoms with Gasteiger partial charge in [-0.25, -0.2) is 0 Å². The van der Waals surface area contributed by atoms with Gasteiger partial charge in [-0.05, 0) is 37.8 Å². The van der Waals surface area contributed by atoms with Gasteiger partial charge in [-0.3, -0.25) is 0 Å². The first-order valence-electron chi connectivity index (χ1n) is 6.03. The molecule has 1 nitrogen and oxygen atoms in total. The van der Waals surface area contributed by atoms with Crippen LogP contribution in [-0.2, 0) is 6.42 Å². The van der Waals surface area contributed by atoms with Crippen molar-refractivity contribution in [1.29, 1.82) is 0 Å². The minimum Gasteiger partial charge on any atom is -0.390 e. The number of aliphatic hydroxyl groups is 1. The summed E-state index contributed by atoms with van der Waals surface area (Å²) in [6.45, 7) is 3.52. The first-order valence-corrected chi connectivity index (χ1v) is 6.03. The van der Waals surface area contributed by atoms with Crippen LogP contribution >= 0.6 is 0 Å². The Morgan fingerprint density at radius 1 is 1.11 bits per heavy atom. The van der Waals surface area contributed by atoms with Crippen molar-refractivity contribution in [3.05, 3.63) is 35.4 Å². The smallest absolute Gasteiger partial charge is 0.389 e. The van der Waals surface area contributed by atoms with Crippen molar-refractivity contribution in [3.8, 4) is 0 Å². The summed E-state index contributed by atoms with van der Waals surface area (Å²) in [6, 6.07) is 7.60. The molecule has 1 unspecified atom stereocenters. The molecule has 0 aliphatic rings. The summed E-state index contributed by atoms with van der Waals surface area (Å²) in [5.74, 6) is 0. The third-order valence-electron chi connectivity index (χ3n) is 3.01. The molecule has 1 N–H and O–H groups in total. The van der Waals surface area contributed by atoms with Gasteiger partial charge < -0.3 is 5.11 Å². The fourth-order valence-electron chi connectivity index (χ4n) is 1.98. The SMILES string of the molecule is Cc1ccccc1CC(C)(O)CCCC(F)(F)F. The lowest BCUT2D eigenvalue weighted by Gasteiger charge is -2.24. The maximum atomic E-state index is 12.0. The molecule has 0 amide bonds. The Morgan fingerprint density at radius 2 is 1.72 bits per heavy atom. The van der Waals surface area contributed by atoms with Crippen LogP contribution in [0, 0.1) is 6.92 Å². The van der Waals surface area contributed by atoms with Crippen molar-refractivity contribution in [2.45, 2.75) is 51.3 Å². The van der Waals surface area contributed by atoms with E-state index in [0.29, 0.717) is 6.42 Å². The maximum absolute atomic E-state index is 12.0. The minimum atomic E-state index is -4.14. The van der Waals surface area contributed by atoms with Crippen molar-refractivity contribution in [2.24, 2.45) is 0 Å². The van der Waals surface area contributed by atoms with Crippen molar-refractivity contribution < 1.29 is 18.3 Å². The molecule has 0 radical (unpaired) electrons. The first kappa shape index (κ1) is 15.0. The molecule has 0 aliphatic heterocycles. The van der Waals surface area contributed by atoms with Crippen LogP contribution in [0.15, 0.2) is 24.3 Å². The molecule has 0 aromatic heterocycles. The van der Waals surface area contributed by atoms with Gasteiger partial charge >= 0.3 is 6.18 Å². The van der Waals surface area contributed by atoms with Crippen LogP contribution < -0.4 is 0 Å². The molecular formula is C14H19F3O. The maximum Gasteiger partial charge on any atom is 0.389 e. The van der Waals surface area contributed by atoms with E-state index in [4.69, 9.17) is 0 Å². The van der Waals surface area contributed by atoms with E-state index in [-0.39, 0.29) is 12.8 Å². The predicted octanol–water partition coefficient (Wildman–Crippen LogP) is 4.02. The summed E-state index contributed by atoms with van der Waals surface area (Å²) >= 11 is 0. The van der Waals surface area contributed by atoms with Crippen LogP contribution in [0.3, 0.4) is 0 Å². The Hall–Kier alpha value is -1.03. The molecule has 1 aromatic carbocycles. The minimum absolute atomic E-state index is 0.0393. The normalized spacial score (nSPS) is 15.4. The van der Waals surface area contributed by atoms with Crippen LogP contribution in [0.25, 0.3) is 0 Å². The molecule has 102 valence electrons. The molecule has 18 heavy (non-hydrogen) atoms. The van der Waals surface area contributed by atoms with Crippen LogP contribution in [0.4, 0.5) is 13.2 Å². The number of alkyl halides is 3. The van der Waals surface area contributed by atoms with Crippen LogP contribution in [0.5, 0.6) is 0 Å². The van der Waals surface area contributed by atoms with Crippen molar-refractivity contribution >= 4 is 0 Å². The molecule has 0 saturated carbocycles. The number of rotatable bonds is 5. The van der Waals surface area contributed by atoms with Crippen LogP contribution in [0.2, 0.25) is 0 Å². The molecular weight excluding hydrogens is 241 g/mol. The zero-order chi connectivity index (χ0) is 13.8. The Balaban J connectivity index is 2.52. The van der Waals surface area contributed by atoms with E-state index in [1.165, 1.54) is 0 Å². The van der Waals surface area contributed by atoms with Gasteiger partial charge in [0.25, 0.3) is 0 Å². The predicted molar refractivity (Wildman–Crippen MR) is 65.4 cm³/mol. The highest BCUT2D eigenvalue weighted by Crippen LogP contribution is 2.27. The monoisotopic (exact) mass is 260 g/mol. The number of hydrogen-bond donors (Lipinski definition) is 1. The molecule has 4 heteroatoms. The zero-order valence-electron chi connectivity index (χ0n) is 10.7. The molecule has 1 atom stereocenters. The van der Waals surface area contributed by atoms with Gasteiger partial charge in [-0.1, -0.05) is 24.3 Å². The zero-order valence-corrected chi connectivity index (χ0v) is 10.7. The quantitative estimate of drug-likeness (QED) is 0.847. The highest BCUT2D eigenvalue weighted by Gasteiger charge is 2.29. The lowest BCUT2D eigenvalue weighted by molar-refractivity contribution is -0.137. The Bertz CT molecular complexity index is 383. The Labute approximate surface area is 106 Å². The van der Waals surface area contributed by atoms with Crippen molar-refractivity contribution in [1.82, 2.24) is 0 Å². The molecule has 0 aliphatic carbocycles. The molecule has 1 aromatic rings. The van der Waals surface area contributed by atoms with Gasteiger partial charge in [-0.15, -0.1) is 0 Å². The average molecular weight is 260 g/mol. The fourth-order valence-corrected chi connectivity index (χ4v) is 1.98. The summed E-state index contributed by atoms with van der Waals surface area (Å²) in [5, 5.41) is 10.1. The number of benzene rings is 1. The second-order valence-corrected chi connectivity index (χ2v) is 5.07. The standard InChI is InChI=1S/C14H19F3O/c1-11-6-3-4-7-12(11)10-13(2,18)8-5-9-14(15,16)17/h3-4,6-7,18H,5,8-10H2,1-2H3. The van der Waals surface area contributed by atoms with Crippen LogP contribution in [0.1, 0.15) is 37.3 Å². The molecule has 0 heterocycles. The van der Waals surface area contributed by atoms with E-state index in [0.717, 1.165) is 11.1 Å². The van der Waals surface area contributed by atoms with Gasteiger partial charge in [0.2, 0.25) is 0 Å². The summed E-state index contributed by atoms with van der Waals surface area (Å²) < 4.78 is 36.1. The third kappa shape index (κ3) is 5.54. The van der Waals surface area contributed by atoms with E-state index < -0.39 is 18.2 Å². The van der Waals surface area contributed by atoms with Gasteiger partial charge in [-0.2, -0.15) is 13.2 Å². The largest absolute Gasteiger partial charge is 0.390 e. The highest BCUT2D eigenvalue weighted by atomic mass is 19.4. The average Bonchev–Trinajstić information content (AvgIpc) is 2.18. The molecule has 0 bridgehead atoms. The van der Waals surface area contributed by atoms with E-state index in [9.17, 15) is 18.3 Å². The molecule has 0 fully saturated rings. The van der Waals surface area contributed by atoms with Gasteiger partial charge in [0.05, 0.1) is 5.60 Å². The van der Waals surface area contributed by atoms with Crippen LogP contribution in [-0.4, -0.2) is 16.9 Å². The third-order valence-corrected chi connectivity index (χ3v) is 3.01. The van der Waals surface area contributed by atoms with E-state index in [1.54, 1.807) is 6.92 Å². The van der Waals surface area contributed by atoms with E-state index >= 15 is 0 Å². The Morgan fingerprint density at radius 3 is 2.28 bits per heavy atom. The summed E-state index contributed by atoms with van der Waals surface area (Å²) in [6.07, 6.45) is -4.48. The Kier molecular flexibility index (Phi) is 4.79. The van der Waals surface area contributed by atoms with Gasteiger partial charge in [0.1, 0.15) is 0 Å². The van der Waals surface area contributed by atoms with Crippen molar-refractivity contribution in [2.75, 3.05) is 0 Å². The van der Waals surface area contributed by atoms with Gasteiger partial charge in [0, 0.05) is 12.8 Å². The molecule has 0 spiro atoms. The highest BCUT2D eigenvalue weighted by molar-refractivity contribution is 5.26. The topological polar surface area (TPSA) is 20.2 Å². The summed E-state index contributed by atoms with van der Waals surface area (Å²) in [5.41, 5.74) is 0.945. The first-order chi connectivity index (χ1) is 8.20. The van der Waals surface area contributed by atoms with Crippen molar-refractivity contribution in [3.63, 3.8) is 0 Å². The molecule has 0 saturated heterocycles. The second-order valence-electron chi connectivity index (χ2n) is 5.07. The van der Waals surface area contributed by atoms with E-state index in [2.05, 4.69) is 0 Å². The van der Waals surface area contributed by atoms with E-state index in [1.807, 2.05) is 31.2 Å². The molecule has 1 rings (SSSR count). The number of halogens is 3. The lowest BCUT2D eigenvalue weighted by atomic mass is 9.89. The number of hydrogen-bond acceptors (Lipinski definition) is 1.